The summed E-state index contributed by atoms with van der Waals surface area (Å²) in [7, 11) is 0. The van der Waals surface area contributed by atoms with Crippen molar-refractivity contribution in [3.63, 3.8) is 0 Å². The zero-order valence-corrected chi connectivity index (χ0v) is 18.8. The van der Waals surface area contributed by atoms with Crippen LogP contribution >= 0.6 is 11.3 Å². The molecule has 1 aromatic carbocycles. The molecule has 3 aromatic rings. The van der Waals surface area contributed by atoms with E-state index in [1.54, 1.807) is 41.9 Å². The van der Waals surface area contributed by atoms with E-state index in [0.29, 0.717) is 31.6 Å². The fraction of sp³-hybridized carbons (Fsp3) is 0.269. The molecule has 1 aliphatic rings. The molecule has 164 valence electrons. The van der Waals surface area contributed by atoms with Crippen molar-refractivity contribution in [1.29, 1.82) is 0 Å². The summed E-state index contributed by atoms with van der Waals surface area (Å²) >= 11 is 1.69. The van der Waals surface area contributed by atoms with E-state index in [1.165, 1.54) is 4.88 Å². The highest BCUT2D eigenvalue weighted by Crippen LogP contribution is 2.38. The molecule has 5 nitrogen and oxygen atoms in total. The number of amides is 2. The Morgan fingerprint density at radius 1 is 1.19 bits per heavy atom. The number of thiophene rings is 1. The molecule has 6 heteroatoms. The standard InChI is InChI=1S/C26H27N3O2S/c1-2-13-28-25(31)26(17-20-8-3-4-10-22(20)23-11-6-16-32-23)12-7-15-29(19-26)24(30)21-9-5-14-27-18-21/h2-6,8-11,14,16,18H,1,7,12-13,15,17,19H2,(H,28,31). The number of piperidine rings is 1. The number of aromatic nitrogens is 1. The van der Waals surface area contributed by atoms with E-state index in [4.69, 9.17) is 0 Å². The highest BCUT2D eigenvalue weighted by atomic mass is 32.1. The van der Waals surface area contributed by atoms with Gasteiger partial charge < -0.3 is 10.2 Å². The van der Waals surface area contributed by atoms with Gasteiger partial charge in [-0.1, -0.05) is 36.4 Å². The summed E-state index contributed by atoms with van der Waals surface area (Å²) in [6, 6.07) is 15.9. The number of nitrogens with zero attached hydrogens (tertiary/aromatic N) is 2. The lowest BCUT2D eigenvalue weighted by Crippen LogP contribution is -2.54. The van der Waals surface area contributed by atoms with E-state index in [2.05, 4.69) is 40.5 Å². The summed E-state index contributed by atoms with van der Waals surface area (Å²) in [6.45, 7) is 5.15. The highest BCUT2D eigenvalue weighted by molar-refractivity contribution is 7.13. The largest absolute Gasteiger partial charge is 0.352 e. The van der Waals surface area contributed by atoms with Crippen molar-refractivity contribution in [2.24, 2.45) is 5.41 Å². The molecular formula is C26H27N3O2S. The quantitative estimate of drug-likeness (QED) is 0.542. The van der Waals surface area contributed by atoms with Crippen LogP contribution in [0.1, 0.15) is 28.8 Å². The lowest BCUT2D eigenvalue weighted by molar-refractivity contribution is -0.133. The maximum absolute atomic E-state index is 13.5. The van der Waals surface area contributed by atoms with Crippen molar-refractivity contribution in [1.82, 2.24) is 15.2 Å². The molecule has 1 saturated heterocycles. The molecule has 2 aromatic heterocycles. The van der Waals surface area contributed by atoms with Gasteiger partial charge in [0.2, 0.25) is 5.91 Å². The molecule has 0 saturated carbocycles. The number of rotatable bonds is 7. The van der Waals surface area contributed by atoms with Crippen LogP contribution in [-0.2, 0) is 11.2 Å². The van der Waals surface area contributed by atoms with Gasteiger partial charge in [-0.05, 0) is 54.0 Å². The van der Waals surface area contributed by atoms with Crippen LogP contribution in [0, 0.1) is 5.41 Å². The van der Waals surface area contributed by atoms with Crippen LogP contribution in [0.15, 0.2) is 79.0 Å². The number of nitrogens with one attached hydrogen (secondary N) is 1. The summed E-state index contributed by atoms with van der Waals surface area (Å²) < 4.78 is 0. The Morgan fingerprint density at radius 2 is 2.06 bits per heavy atom. The summed E-state index contributed by atoms with van der Waals surface area (Å²) in [5.41, 5.74) is 2.12. The predicted molar refractivity (Wildman–Crippen MR) is 128 cm³/mol. The van der Waals surface area contributed by atoms with Gasteiger partial charge in [0, 0.05) is 36.9 Å². The van der Waals surface area contributed by atoms with Gasteiger partial charge in [0.05, 0.1) is 11.0 Å². The van der Waals surface area contributed by atoms with Crippen molar-refractivity contribution in [2.75, 3.05) is 19.6 Å². The Labute approximate surface area is 192 Å². The van der Waals surface area contributed by atoms with Crippen molar-refractivity contribution < 1.29 is 9.59 Å². The Hall–Kier alpha value is -3.25. The first-order valence-electron chi connectivity index (χ1n) is 10.8. The monoisotopic (exact) mass is 445 g/mol. The molecule has 1 N–H and O–H groups in total. The normalized spacial score (nSPS) is 18.2. The van der Waals surface area contributed by atoms with Crippen LogP contribution in [-0.4, -0.2) is 41.3 Å². The lowest BCUT2D eigenvalue weighted by atomic mass is 9.73. The topological polar surface area (TPSA) is 62.3 Å². The Kier molecular flexibility index (Phi) is 6.81. The first-order valence-corrected chi connectivity index (χ1v) is 11.7. The average molecular weight is 446 g/mol. The number of hydrogen-bond acceptors (Lipinski definition) is 4. The number of likely N-dealkylation sites (tertiary alicyclic amines) is 1. The Bertz CT molecular complexity index is 1080. The average Bonchev–Trinajstić information content (AvgIpc) is 3.38. The first-order chi connectivity index (χ1) is 15.6. The van der Waals surface area contributed by atoms with Crippen LogP contribution in [0.25, 0.3) is 10.4 Å². The number of pyridine rings is 1. The second-order valence-electron chi connectivity index (χ2n) is 8.16. The fourth-order valence-electron chi connectivity index (χ4n) is 4.45. The van der Waals surface area contributed by atoms with Crippen molar-refractivity contribution >= 4 is 23.2 Å². The van der Waals surface area contributed by atoms with Gasteiger partial charge in [0.1, 0.15) is 0 Å². The minimum Gasteiger partial charge on any atom is -0.352 e. The van der Waals surface area contributed by atoms with Crippen molar-refractivity contribution in [2.45, 2.75) is 19.3 Å². The molecule has 1 unspecified atom stereocenters. The number of carbonyl (C=O) groups excluding carboxylic acids is 2. The maximum atomic E-state index is 13.5. The molecule has 0 radical (unpaired) electrons. The summed E-state index contributed by atoms with van der Waals surface area (Å²) in [6.07, 6.45) is 7.00. The fourth-order valence-corrected chi connectivity index (χ4v) is 5.24. The lowest BCUT2D eigenvalue weighted by Gasteiger charge is -2.42. The SMILES string of the molecule is C=CCNC(=O)C1(Cc2ccccc2-c2cccs2)CCCN(C(=O)c2cccnc2)C1. The predicted octanol–water partition coefficient (Wildman–Crippen LogP) is 4.58. The van der Waals surface area contributed by atoms with Gasteiger partial charge in [0.15, 0.2) is 0 Å². The molecule has 3 heterocycles. The van der Waals surface area contributed by atoms with Crippen molar-refractivity contribution in [3.05, 3.63) is 90.1 Å². The number of benzene rings is 1. The summed E-state index contributed by atoms with van der Waals surface area (Å²) in [5, 5.41) is 5.07. The van der Waals surface area contributed by atoms with Gasteiger partial charge in [-0.2, -0.15) is 0 Å². The van der Waals surface area contributed by atoms with E-state index in [-0.39, 0.29) is 11.8 Å². The highest BCUT2D eigenvalue weighted by Gasteiger charge is 2.43. The maximum Gasteiger partial charge on any atom is 0.255 e. The van der Waals surface area contributed by atoms with E-state index in [9.17, 15) is 9.59 Å². The van der Waals surface area contributed by atoms with Gasteiger partial charge in [-0.25, -0.2) is 0 Å². The molecule has 2 amide bonds. The minimum atomic E-state index is -0.702. The van der Waals surface area contributed by atoms with Crippen LogP contribution in [0.4, 0.5) is 0 Å². The second kappa shape index (κ2) is 9.92. The number of carbonyl (C=O) groups is 2. The third-order valence-electron chi connectivity index (χ3n) is 5.99. The Morgan fingerprint density at radius 3 is 2.81 bits per heavy atom. The van der Waals surface area contributed by atoms with Gasteiger partial charge in [-0.3, -0.25) is 14.6 Å². The van der Waals surface area contributed by atoms with E-state index in [1.807, 2.05) is 23.1 Å². The zero-order valence-electron chi connectivity index (χ0n) is 18.0. The van der Waals surface area contributed by atoms with E-state index in [0.717, 1.165) is 24.0 Å². The molecule has 0 spiro atoms. The summed E-state index contributed by atoms with van der Waals surface area (Å²) in [4.78, 5) is 33.7. The third-order valence-corrected chi connectivity index (χ3v) is 6.90. The molecule has 0 bridgehead atoms. The van der Waals surface area contributed by atoms with Crippen molar-refractivity contribution in [3.8, 4) is 10.4 Å². The van der Waals surface area contributed by atoms with E-state index >= 15 is 0 Å². The molecule has 0 aliphatic carbocycles. The van der Waals surface area contributed by atoms with Gasteiger partial charge >= 0.3 is 0 Å². The Balaban J connectivity index is 1.67. The summed E-state index contributed by atoms with van der Waals surface area (Å²) in [5.74, 6) is -0.104. The molecular weight excluding hydrogens is 418 g/mol. The number of hydrogen-bond donors (Lipinski definition) is 1. The third kappa shape index (κ3) is 4.65. The van der Waals surface area contributed by atoms with Crippen LogP contribution < -0.4 is 5.32 Å². The second-order valence-corrected chi connectivity index (χ2v) is 9.11. The van der Waals surface area contributed by atoms with Gasteiger partial charge in [0.25, 0.3) is 5.91 Å². The molecule has 1 fully saturated rings. The zero-order chi connectivity index (χ0) is 22.4. The van der Waals surface area contributed by atoms with E-state index < -0.39 is 5.41 Å². The molecule has 32 heavy (non-hydrogen) atoms. The minimum absolute atomic E-state index is 0.0259. The van der Waals surface area contributed by atoms with Crippen LogP contribution in [0.2, 0.25) is 0 Å². The molecule has 4 rings (SSSR count). The van der Waals surface area contributed by atoms with Gasteiger partial charge in [-0.15, -0.1) is 17.9 Å². The smallest absolute Gasteiger partial charge is 0.255 e. The molecule has 1 atom stereocenters. The van der Waals surface area contributed by atoms with Crippen LogP contribution in [0.5, 0.6) is 0 Å². The molecule has 1 aliphatic heterocycles. The first kappa shape index (κ1) is 22.0. The van der Waals surface area contributed by atoms with Crippen LogP contribution in [0.3, 0.4) is 0 Å².